The number of hydrogen-bond acceptors (Lipinski definition) is 4. The highest BCUT2D eigenvalue weighted by Gasteiger charge is 2.12. The highest BCUT2D eigenvalue weighted by Crippen LogP contribution is 2.25. The summed E-state index contributed by atoms with van der Waals surface area (Å²) in [5.41, 5.74) is 8.85. The third kappa shape index (κ3) is 3.65. The minimum Gasteiger partial charge on any atom is -0.497 e. The Bertz CT molecular complexity index is 953. The van der Waals surface area contributed by atoms with Crippen molar-refractivity contribution in [3.63, 3.8) is 0 Å². The number of nitrogens with two attached hydrogens (primary N) is 1. The van der Waals surface area contributed by atoms with Crippen molar-refractivity contribution in [3.8, 4) is 28.8 Å². The number of nitrogens with zero attached hydrogens (tertiary/aromatic N) is 3. The van der Waals surface area contributed by atoms with Crippen LogP contribution in [0.3, 0.4) is 0 Å². The van der Waals surface area contributed by atoms with E-state index in [1.807, 2.05) is 48.5 Å². The molecule has 26 heavy (non-hydrogen) atoms. The molecule has 1 aromatic heterocycles. The van der Waals surface area contributed by atoms with Gasteiger partial charge in [0, 0.05) is 18.2 Å². The molecule has 2 amide bonds. The van der Waals surface area contributed by atoms with Crippen LogP contribution in [0.4, 0.5) is 4.79 Å². The predicted molar refractivity (Wildman–Crippen MR) is 96.7 cm³/mol. The molecule has 0 unspecified atom stereocenters. The first-order valence-corrected chi connectivity index (χ1v) is 7.88. The van der Waals surface area contributed by atoms with E-state index in [0.717, 1.165) is 28.3 Å². The molecule has 0 aliphatic carbocycles. The quantitative estimate of drug-likeness (QED) is 0.740. The zero-order valence-corrected chi connectivity index (χ0v) is 14.1. The number of carbonyl (C=O) groups excluding carboxylic acids is 1. The number of rotatable bonds is 5. The van der Waals surface area contributed by atoms with E-state index in [-0.39, 0.29) is 0 Å². The average Bonchev–Trinajstić information content (AvgIpc) is 3.11. The normalized spacial score (nSPS) is 10.2. The topological polar surface area (TPSA) is 106 Å². The summed E-state index contributed by atoms with van der Waals surface area (Å²) in [5.74, 6) is 0.745. The van der Waals surface area contributed by atoms with Crippen molar-refractivity contribution in [2.75, 3.05) is 7.11 Å². The maximum Gasteiger partial charge on any atom is 0.312 e. The average molecular weight is 347 g/mol. The van der Waals surface area contributed by atoms with Crippen LogP contribution in [0.15, 0.2) is 54.6 Å². The number of urea groups is 1. The first kappa shape index (κ1) is 17.0. The number of amides is 2. The fraction of sp³-hybridized carbons (Fsp3) is 0.105. The second-order valence-corrected chi connectivity index (χ2v) is 5.55. The summed E-state index contributed by atoms with van der Waals surface area (Å²) in [5, 5.41) is 16.1. The van der Waals surface area contributed by atoms with Gasteiger partial charge in [-0.05, 0) is 29.8 Å². The summed E-state index contributed by atoms with van der Waals surface area (Å²) in [6, 6.07) is 18.3. The van der Waals surface area contributed by atoms with E-state index >= 15 is 0 Å². The lowest BCUT2D eigenvalue weighted by atomic mass is 10.1. The largest absolute Gasteiger partial charge is 0.497 e. The van der Waals surface area contributed by atoms with Crippen LogP contribution in [-0.2, 0) is 6.54 Å². The van der Waals surface area contributed by atoms with Crippen LogP contribution < -0.4 is 15.8 Å². The van der Waals surface area contributed by atoms with E-state index in [9.17, 15) is 10.1 Å². The molecular formula is C19H17N5O2. The van der Waals surface area contributed by atoms with Gasteiger partial charge < -0.3 is 15.8 Å². The first-order chi connectivity index (χ1) is 12.6. The molecule has 130 valence electrons. The van der Waals surface area contributed by atoms with Crippen molar-refractivity contribution < 1.29 is 9.53 Å². The lowest BCUT2D eigenvalue weighted by Crippen LogP contribution is -2.28. The van der Waals surface area contributed by atoms with Crippen molar-refractivity contribution >= 4 is 6.03 Å². The van der Waals surface area contributed by atoms with Gasteiger partial charge in [0.25, 0.3) is 0 Å². The molecule has 0 saturated carbocycles. The Morgan fingerprint density at radius 3 is 2.50 bits per heavy atom. The Hall–Kier alpha value is -3.79. The van der Waals surface area contributed by atoms with E-state index in [0.29, 0.717) is 12.2 Å². The van der Waals surface area contributed by atoms with Gasteiger partial charge in [-0.3, -0.25) is 0 Å². The van der Waals surface area contributed by atoms with Crippen LogP contribution in [0.5, 0.6) is 5.75 Å². The van der Waals surface area contributed by atoms with Crippen LogP contribution in [0.1, 0.15) is 11.3 Å². The minimum absolute atomic E-state index is 0.329. The number of primary amides is 1. The molecule has 0 fully saturated rings. The van der Waals surface area contributed by atoms with Crippen molar-refractivity contribution in [2.24, 2.45) is 5.73 Å². The zero-order valence-electron chi connectivity index (χ0n) is 14.1. The highest BCUT2D eigenvalue weighted by atomic mass is 16.5. The second-order valence-electron chi connectivity index (χ2n) is 5.55. The van der Waals surface area contributed by atoms with Crippen LogP contribution in [0, 0.1) is 11.3 Å². The zero-order chi connectivity index (χ0) is 18.5. The number of nitrogens with one attached hydrogen (secondary N) is 1. The van der Waals surface area contributed by atoms with Gasteiger partial charge in [-0.2, -0.15) is 10.4 Å². The molecular weight excluding hydrogens is 330 g/mol. The number of benzene rings is 2. The minimum atomic E-state index is -0.565. The predicted octanol–water partition coefficient (Wildman–Crippen LogP) is 2.59. The van der Waals surface area contributed by atoms with Crippen molar-refractivity contribution in [1.82, 2.24) is 15.1 Å². The summed E-state index contributed by atoms with van der Waals surface area (Å²) >= 11 is 0. The molecule has 3 N–H and O–H groups in total. The van der Waals surface area contributed by atoms with E-state index < -0.39 is 6.03 Å². The van der Waals surface area contributed by atoms with Gasteiger partial charge in [0.1, 0.15) is 11.8 Å². The molecule has 1 heterocycles. The molecule has 3 rings (SSSR count). The fourth-order valence-corrected chi connectivity index (χ4v) is 2.54. The van der Waals surface area contributed by atoms with Crippen molar-refractivity contribution in [2.45, 2.75) is 6.54 Å². The lowest BCUT2D eigenvalue weighted by molar-refractivity contribution is 0.248. The summed E-state index contributed by atoms with van der Waals surface area (Å²) in [7, 11) is 1.61. The smallest absolute Gasteiger partial charge is 0.312 e. The van der Waals surface area contributed by atoms with E-state index in [1.165, 1.54) is 0 Å². The third-order valence-corrected chi connectivity index (χ3v) is 3.86. The van der Waals surface area contributed by atoms with Crippen molar-refractivity contribution in [3.05, 3.63) is 65.9 Å². The highest BCUT2D eigenvalue weighted by molar-refractivity contribution is 5.71. The van der Waals surface area contributed by atoms with Gasteiger partial charge in [0.15, 0.2) is 5.69 Å². The molecule has 0 aliphatic heterocycles. The Balaban J connectivity index is 1.95. The van der Waals surface area contributed by atoms with Gasteiger partial charge in [0.05, 0.1) is 18.5 Å². The molecule has 7 heteroatoms. The molecule has 0 radical (unpaired) electrons. The lowest BCUT2D eigenvalue weighted by Gasteiger charge is -2.09. The van der Waals surface area contributed by atoms with Crippen LogP contribution in [0.2, 0.25) is 0 Å². The Kier molecular flexibility index (Phi) is 4.85. The van der Waals surface area contributed by atoms with E-state index in [4.69, 9.17) is 10.5 Å². The number of aromatic nitrogens is 2. The summed E-state index contributed by atoms with van der Waals surface area (Å²) in [4.78, 5) is 10.8. The molecule has 0 saturated heterocycles. The molecule has 3 aromatic rings. The second kappa shape index (κ2) is 7.40. The SMILES string of the molecule is COc1ccc(-n2nc(C#N)cc2-c2ccc(CNC(N)=O)cc2)cc1. The van der Waals surface area contributed by atoms with E-state index in [1.54, 1.807) is 17.9 Å². The summed E-state index contributed by atoms with van der Waals surface area (Å²) in [6.07, 6.45) is 0. The molecule has 0 aliphatic rings. The molecule has 0 bridgehead atoms. The van der Waals surface area contributed by atoms with Gasteiger partial charge >= 0.3 is 6.03 Å². The van der Waals surface area contributed by atoms with Gasteiger partial charge in [-0.25, -0.2) is 9.48 Å². The number of carbonyl (C=O) groups is 1. The van der Waals surface area contributed by atoms with Crippen LogP contribution in [-0.4, -0.2) is 22.9 Å². The Labute approximate surface area is 150 Å². The fourth-order valence-electron chi connectivity index (χ4n) is 2.54. The third-order valence-electron chi connectivity index (χ3n) is 3.86. The number of methoxy groups -OCH3 is 1. The van der Waals surface area contributed by atoms with Crippen molar-refractivity contribution in [1.29, 1.82) is 5.26 Å². The van der Waals surface area contributed by atoms with E-state index in [2.05, 4.69) is 16.5 Å². The number of nitriles is 1. The van der Waals surface area contributed by atoms with Gasteiger partial charge in [0.2, 0.25) is 0 Å². The summed E-state index contributed by atoms with van der Waals surface area (Å²) < 4.78 is 6.90. The molecule has 7 nitrogen and oxygen atoms in total. The number of ether oxygens (including phenoxy) is 1. The Morgan fingerprint density at radius 2 is 1.92 bits per heavy atom. The Morgan fingerprint density at radius 1 is 1.23 bits per heavy atom. The maximum absolute atomic E-state index is 10.8. The molecule has 0 spiro atoms. The van der Waals surface area contributed by atoms with Crippen LogP contribution >= 0.6 is 0 Å². The maximum atomic E-state index is 10.8. The monoisotopic (exact) mass is 347 g/mol. The number of hydrogen-bond donors (Lipinski definition) is 2. The van der Waals surface area contributed by atoms with Gasteiger partial charge in [-0.1, -0.05) is 24.3 Å². The first-order valence-electron chi connectivity index (χ1n) is 7.88. The standard InChI is InChI=1S/C19H17N5O2/c1-26-17-8-6-16(7-9-17)24-18(10-15(11-20)23-24)14-4-2-13(3-5-14)12-22-19(21)25/h2-10H,12H2,1H3,(H3,21,22,25). The molecule has 0 atom stereocenters. The molecule has 2 aromatic carbocycles. The van der Waals surface area contributed by atoms with Crippen LogP contribution in [0.25, 0.3) is 16.9 Å². The van der Waals surface area contributed by atoms with Gasteiger partial charge in [-0.15, -0.1) is 0 Å². The summed E-state index contributed by atoms with van der Waals surface area (Å²) in [6.45, 7) is 0.358.